The Morgan fingerprint density at radius 2 is 1.86 bits per heavy atom. The molecule has 1 fully saturated rings. The summed E-state index contributed by atoms with van der Waals surface area (Å²) in [7, 11) is 0. The van der Waals surface area contributed by atoms with Gasteiger partial charge in [0.15, 0.2) is 5.69 Å². The summed E-state index contributed by atoms with van der Waals surface area (Å²) in [5.74, 6) is 0.576. The van der Waals surface area contributed by atoms with Crippen LogP contribution in [0.3, 0.4) is 0 Å². The highest BCUT2D eigenvalue weighted by Crippen LogP contribution is 2.28. The van der Waals surface area contributed by atoms with E-state index in [2.05, 4.69) is 15.5 Å². The second kappa shape index (κ2) is 5.60. The number of aromatic nitrogens is 2. The Balaban J connectivity index is 2.15. The lowest BCUT2D eigenvalue weighted by Crippen LogP contribution is -2.58. The smallest absolute Gasteiger partial charge is 0.274 e. The molecule has 2 heterocycles. The highest BCUT2D eigenvalue weighted by molar-refractivity contribution is 5.92. The molecule has 0 spiro atoms. The Bertz CT molecular complexity index is 495. The Labute approximate surface area is 125 Å². The Hall–Kier alpha value is -1.69. The number of hydrogen-bond acceptors (Lipinski definition) is 5. The summed E-state index contributed by atoms with van der Waals surface area (Å²) in [4.78, 5) is 14.4. The molecule has 0 saturated carbocycles. The number of morpholine rings is 1. The van der Waals surface area contributed by atoms with E-state index in [1.54, 1.807) is 17.0 Å². The van der Waals surface area contributed by atoms with Gasteiger partial charge < -0.3 is 15.0 Å². The molecule has 0 atom stereocenters. The summed E-state index contributed by atoms with van der Waals surface area (Å²) >= 11 is 0. The zero-order chi connectivity index (χ0) is 15.7. The van der Waals surface area contributed by atoms with Crippen LogP contribution in [0.15, 0.2) is 12.1 Å². The summed E-state index contributed by atoms with van der Waals surface area (Å²) in [6, 6.07) is 3.49. The minimum atomic E-state index is -0.367. The third kappa shape index (κ3) is 3.91. The minimum Gasteiger partial charge on any atom is -0.369 e. The fourth-order valence-electron chi connectivity index (χ4n) is 2.82. The predicted molar refractivity (Wildman–Crippen MR) is 81.3 cm³/mol. The van der Waals surface area contributed by atoms with Crippen molar-refractivity contribution >= 4 is 11.7 Å². The van der Waals surface area contributed by atoms with Crippen molar-refractivity contribution in [1.29, 1.82) is 0 Å². The van der Waals surface area contributed by atoms with Gasteiger partial charge >= 0.3 is 0 Å². The van der Waals surface area contributed by atoms with E-state index in [-0.39, 0.29) is 17.1 Å². The SMILES string of the molecule is CCNc1ccc(C(=O)N2CC(C)(C)OC(C)(C)C2)nn1. The van der Waals surface area contributed by atoms with Gasteiger partial charge in [0.2, 0.25) is 0 Å². The number of hydrogen-bond donors (Lipinski definition) is 1. The van der Waals surface area contributed by atoms with Crippen molar-refractivity contribution < 1.29 is 9.53 Å². The molecule has 1 amide bonds. The molecular formula is C15H24N4O2. The summed E-state index contributed by atoms with van der Waals surface area (Å²) in [5, 5.41) is 11.1. The van der Waals surface area contributed by atoms with Crippen LogP contribution in [0.5, 0.6) is 0 Å². The summed E-state index contributed by atoms with van der Waals surface area (Å²) in [5.41, 5.74) is -0.367. The second-order valence-corrected chi connectivity index (χ2v) is 6.62. The van der Waals surface area contributed by atoms with Gasteiger partial charge in [0.1, 0.15) is 5.82 Å². The molecule has 1 N–H and O–H groups in total. The number of carbonyl (C=O) groups excluding carboxylic acids is 1. The van der Waals surface area contributed by atoms with E-state index in [4.69, 9.17) is 4.74 Å². The van der Waals surface area contributed by atoms with E-state index in [0.29, 0.717) is 24.6 Å². The van der Waals surface area contributed by atoms with Gasteiger partial charge in [0.25, 0.3) is 5.91 Å². The molecule has 1 saturated heterocycles. The molecule has 0 aromatic carbocycles. The lowest BCUT2D eigenvalue weighted by atomic mass is 9.98. The quantitative estimate of drug-likeness (QED) is 0.922. The molecule has 6 heteroatoms. The fraction of sp³-hybridized carbons (Fsp3) is 0.667. The molecule has 1 aliphatic rings. The highest BCUT2D eigenvalue weighted by atomic mass is 16.5. The number of nitrogens with zero attached hydrogens (tertiary/aromatic N) is 3. The number of anilines is 1. The summed E-state index contributed by atoms with van der Waals surface area (Å²) < 4.78 is 5.99. The van der Waals surface area contributed by atoms with E-state index < -0.39 is 0 Å². The van der Waals surface area contributed by atoms with Gasteiger partial charge in [0.05, 0.1) is 11.2 Å². The van der Waals surface area contributed by atoms with Gasteiger partial charge in [-0.05, 0) is 46.8 Å². The highest BCUT2D eigenvalue weighted by Gasteiger charge is 2.40. The average Bonchev–Trinajstić information content (AvgIpc) is 2.35. The standard InChI is InChI=1S/C15H24N4O2/c1-6-16-12-8-7-11(17-18-12)13(20)19-9-14(2,3)21-15(4,5)10-19/h7-8H,6,9-10H2,1-5H3,(H,16,18). The zero-order valence-corrected chi connectivity index (χ0v) is 13.4. The van der Waals surface area contributed by atoms with Crippen molar-refractivity contribution in [3.8, 4) is 0 Å². The van der Waals surface area contributed by atoms with E-state index in [0.717, 1.165) is 6.54 Å². The molecule has 2 rings (SSSR count). The van der Waals surface area contributed by atoms with Crippen LogP contribution >= 0.6 is 0 Å². The predicted octanol–water partition coefficient (Wildman–Crippen LogP) is 1.94. The van der Waals surface area contributed by atoms with Crippen LogP contribution < -0.4 is 5.32 Å². The van der Waals surface area contributed by atoms with Gasteiger partial charge in [-0.15, -0.1) is 10.2 Å². The summed E-state index contributed by atoms with van der Waals surface area (Å²) in [6.45, 7) is 11.8. The Morgan fingerprint density at radius 1 is 1.24 bits per heavy atom. The van der Waals surface area contributed by atoms with Crippen molar-refractivity contribution in [2.24, 2.45) is 0 Å². The van der Waals surface area contributed by atoms with Gasteiger partial charge in [-0.2, -0.15) is 0 Å². The number of ether oxygens (including phenoxy) is 1. The van der Waals surface area contributed by atoms with E-state index in [9.17, 15) is 4.79 Å². The first kappa shape index (κ1) is 15.7. The fourth-order valence-corrected chi connectivity index (χ4v) is 2.82. The maximum Gasteiger partial charge on any atom is 0.274 e. The first-order valence-corrected chi connectivity index (χ1v) is 7.29. The van der Waals surface area contributed by atoms with Crippen LogP contribution in [0.4, 0.5) is 5.82 Å². The van der Waals surface area contributed by atoms with Gasteiger partial charge in [0, 0.05) is 19.6 Å². The van der Waals surface area contributed by atoms with Gasteiger partial charge in [-0.25, -0.2) is 0 Å². The van der Waals surface area contributed by atoms with Crippen molar-refractivity contribution in [2.75, 3.05) is 25.0 Å². The van der Waals surface area contributed by atoms with Crippen molar-refractivity contribution in [3.05, 3.63) is 17.8 Å². The maximum absolute atomic E-state index is 12.6. The van der Waals surface area contributed by atoms with Gasteiger partial charge in [-0.3, -0.25) is 4.79 Å². The van der Waals surface area contributed by atoms with E-state index >= 15 is 0 Å². The third-order valence-corrected chi connectivity index (χ3v) is 3.22. The van der Waals surface area contributed by atoms with Crippen LogP contribution in [-0.4, -0.2) is 51.8 Å². The molecule has 1 aromatic rings. The van der Waals surface area contributed by atoms with Crippen molar-refractivity contribution in [2.45, 2.75) is 45.8 Å². The number of rotatable bonds is 3. The Morgan fingerprint density at radius 3 is 2.33 bits per heavy atom. The molecule has 0 aliphatic carbocycles. The molecular weight excluding hydrogens is 268 g/mol. The van der Waals surface area contributed by atoms with Crippen LogP contribution in [-0.2, 0) is 4.74 Å². The second-order valence-electron chi connectivity index (χ2n) is 6.62. The number of amides is 1. The lowest BCUT2D eigenvalue weighted by Gasteiger charge is -2.46. The number of nitrogens with one attached hydrogen (secondary N) is 1. The molecule has 116 valence electrons. The van der Waals surface area contributed by atoms with Crippen molar-refractivity contribution in [1.82, 2.24) is 15.1 Å². The number of carbonyl (C=O) groups is 1. The molecule has 0 bridgehead atoms. The topological polar surface area (TPSA) is 67.4 Å². The first-order valence-electron chi connectivity index (χ1n) is 7.29. The molecule has 6 nitrogen and oxygen atoms in total. The van der Waals surface area contributed by atoms with Crippen LogP contribution in [0.25, 0.3) is 0 Å². The maximum atomic E-state index is 12.6. The first-order chi connectivity index (χ1) is 9.72. The normalized spacial score (nSPS) is 20.1. The lowest BCUT2D eigenvalue weighted by molar-refractivity contribution is -0.171. The van der Waals surface area contributed by atoms with Crippen LogP contribution in [0, 0.1) is 0 Å². The van der Waals surface area contributed by atoms with E-state index in [1.807, 2.05) is 34.6 Å². The zero-order valence-electron chi connectivity index (χ0n) is 13.4. The van der Waals surface area contributed by atoms with Gasteiger partial charge in [-0.1, -0.05) is 0 Å². The minimum absolute atomic E-state index is 0.102. The third-order valence-electron chi connectivity index (χ3n) is 3.22. The monoisotopic (exact) mass is 292 g/mol. The Kier molecular flexibility index (Phi) is 4.18. The average molecular weight is 292 g/mol. The molecule has 1 aromatic heterocycles. The molecule has 0 unspecified atom stereocenters. The van der Waals surface area contributed by atoms with E-state index in [1.165, 1.54) is 0 Å². The summed E-state index contributed by atoms with van der Waals surface area (Å²) in [6.07, 6.45) is 0. The van der Waals surface area contributed by atoms with Crippen LogP contribution in [0.2, 0.25) is 0 Å². The largest absolute Gasteiger partial charge is 0.369 e. The molecule has 0 radical (unpaired) electrons. The van der Waals surface area contributed by atoms with Crippen molar-refractivity contribution in [3.63, 3.8) is 0 Å². The van der Waals surface area contributed by atoms with Crippen LogP contribution in [0.1, 0.15) is 45.1 Å². The molecule has 21 heavy (non-hydrogen) atoms. The molecule has 1 aliphatic heterocycles.